The molecule has 2 aromatic rings. The first kappa shape index (κ1) is 19.7. The fourth-order valence-electron chi connectivity index (χ4n) is 4.11. The number of amides is 1. The lowest BCUT2D eigenvalue weighted by molar-refractivity contribution is -0.156. The van der Waals surface area contributed by atoms with Crippen LogP contribution in [0.5, 0.6) is 0 Å². The molecule has 1 amide bonds. The third-order valence-electron chi connectivity index (χ3n) is 5.30. The predicted octanol–water partition coefficient (Wildman–Crippen LogP) is 2.73. The minimum atomic E-state index is -1.35. The van der Waals surface area contributed by atoms with Crippen LogP contribution >= 0.6 is 0 Å². The van der Waals surface area contributed by atoms with Gasteiger partial charge in [-0.05, 0) is 37.0 Å². The molecule has 1 aromatic carbocycles. The highest BCUT2D eigenvalue weighted by Crippen LogP contribution is 2.43. The molecule has 148 valence electrons. The molecule has 0 spiro atoms. The van der Waals surface area contributed by atoms with Gasteiger partial charge in [-0.25, -0.2) is 9.59 Å². The third-order valence-corrected chi connectivity index (χ3v) is 5.30. The lowest BCUT2D eigenvalue weighted by Crippen LogP contribution is -2.58. The number of rotatable bonds is 5. The summed E-state index contributed by atoms with van der Waals surface area (Å²) in [6, 6.07) is 4.49. The number of aliphatic carboxylic acids is 1. The molecule has 2 heterocycles. The van der Waals surface area contributed by atoms with Crippen LogP contribution in [0.25, 0.3) is 10.9 Å². The lowest BCUT2D eigenvalue weighted by atomic mass is 9.81. The van der Waals surface area contributed by atoms with Crippen molar-refractivity contribution in [2.24, 2.45) is 0 Å². The van der Waals surface area contributed by atoms with Crippen LogP contribution in [0.15, 0.2) is 12.1 Å². The minimum absolute atomic E-state index is 0.283. The Hall–Kier alpha value is -3.05. The molecular formula is C20H23N3O5. The van der Waals surface area contributed by atoms with Gasteiger partial charge in [-0.3, -0.25) is 0 Å². The molecule has 3 N–H and O–H groups in total. The highest BCUT2D eigenvalue weighted by molar-refractivity contribution is 5.93. The number of carboxylic acids is 1. The zero-order valence-corrected chi connectivity index (χ0v) is 16.1. The van der Waals surface area contributed by atoms with Crippen molar-refractivity contribution in [3.8, 4) is 6.07 Å². The van der Waals surface area contributed by atoms with E-state index in [9.17, 15) is 20.0 Å². The van der Waals surface area contributed by atoms with Crippen LogP contribution in [-0.2, 0) is 26.3 Å². The van der Waals surface area contributed by atoms with E-state index >= 15 is 0 Å². The number of aromatic amines is 1. The summed E-state index contributed by atoms with van der Waals surface area (Å²) in [4.78, 5) is 27.3. The molecule has 8 nitrogen and oxygen atoms in total. The summed E-state index contributed by atoms with van der Waals surface area (Å²) in [6.07, 6.45) is 0.701. The molecule has 0 saturated heterocycles. The van der Waals surface area contributed by atoms with Gasteiger partial charge in [0.25, 0.3) is 0 Å². The summed E-state index contributed by atoms with van der Waals surface area (Å²) in [6.45, 7) is 4.13. The summed E-state index contributed by atoms with van der Waals surface area (Å²) in [7, 11) is 1.18. The van der Waals surface area contributed by atoms with Gasteiger partial charge in [-0.2, -0.15) is 5.26 Å². The number of nitrogens with zero attached hydrogens (tertiary/aromatic N) is 1. The number of methoxy groups -OCH3 is 1. The van der Waals surface area contributed by atoms with Crippen molar-refractivity contribution in [1.29, 1.82) is 5.26 Å². The molecule has 0 aliphatic carbocycles. The molecule has 1 aromatic heterocycles. The maximum Gasteiger partial charge on any atom is 0.407 e. The van der Waals surface area contributed by atoms with Crippen LogP contribution < -0.4 is 5.32 Å². The summed E-state index contributed by atoms with van der Waals surface area (Å²) in [5, 5.41) is 22.7. The Morgan fingerprint density at radius 1 is 1.50 bits per heavy atom. The number of nitriles is 1. The number of carboxylic acid groups (broad SMARTS) is 1. The quantitative estimate of drug-likeness (QED) is 0.727. The monoisotopic (exact) mass is 385 g/mol. The van der Waals surface area contributed by atoms with Crippen molar-refractivity contribution in [2.75, 3.05) is 13.7 Å². The Kier molecular flexibility index (Phi) is 5.29. The largest absolute Gasteiger partial charge is 0.480 e. The molecule has 0 unspecified atom stereocenters. The van der Waals surface area contributed by atoms with E-state index in [2.05, 4.69) is 21.1 Å². The number of benzene rings is 1. The van der Waals surface area contributed by atoms with Crippen LogP contribution in [-0.4, -0.2) is 41.9 Å². The molecule has 0 fully saturated rings. The zero-order valence-electron chi connectivity index (χ0n) is 16.1. The summed E-state index contributed by atoms with van der Waals surface area (Å²) < 4.78 is 10.7. The van der Waals surface area contributed by atoms with Gasteiger partial charge in [0.1, 0.15) is 5.60 Å². The van der Waals surface area contributed by atoms with Gasteiger partial charge in [-0.15, -0.1) is 0 Å². The highest BCUT2D eigenvalue weighted by atomic mass is 16.5. The van der Waals surface area contributed by atoms with Gasteiger partial charge < -0.3 is 24.9 Å². The molecule has 0 bridgehead atoms. The second-order valence-corrected chi connectivity index (χ2v) is 6.92. The van der Waals surface area contributed by atoms with E-state index in [1.165, 1.54) is 7.11 Å². The highest BCUT2D eigenvalue weighted by Gasteiger charge is 2.50. The van der Waals surface area contributed by atoms with Gasteiger partial charge in [0.15, 0.2) is 6.04 Å². The SMILES string of the molecule is CCC[C@]1([C@H](NC(=O)OC)C(=O)O)OCCc2c1[nH]c1c(C)ccc(C#N)c21. The van der Waals surface area contributed by atoms with E-state index in [0.29, 0.717) is 30.5 Å². The van der Waals surface area contributed by atoms with E-state index in [4.69, 9.17) is 4.74 Å². The van der Waals surface area contributed by atoms with Crippen LogP contribution in [0.1, 0.15) is 42.1 Å². The maximum atomic E-state index is 12.1. The summed E-state index contributed by atoms with van der Waals surface area (Å²) >= 11 is 0. The Morgan fingerprint density at radius 3 is 2.86 bits per heavy atom. The number of aryl methyl sites for hydroxylation is 1. The first-order valence-corrected chi connectivity index (χ1v) is 9.15. The Morgan fingerprint density at radius 2 is 2.25 bits per heavy atom. The predicted molar refractivity (Wildman–Crippen MR) is 101 cm³/mol. The van der Waals surface area contributed by atoms with Crippen LogP contribution in [0.4, 0.5) is 4.79 Å². The first-order chi connectivity index (χ1) is 13.4. The van der Waals surface area contributed by atoms with Crippen LogP contribution in [0.3, 0.4) is 0 Å². The van der Waals surface area contributed by atoms with E-state index < -0.39 is 23.7 Å². The average Bonchev–Trinajstić information content (AvgIpc) is 3.08. The fraction of sp³-hybridized carbons (Fsp3) is 0.450. The molecule has 1 aliphatic rings. The van der Waals surface area contributed by atoms with Crippen molar-refractivity contribution in [3.63, 3.8) is 0 Å². The smallest absolute Gasteiger partial charge is 0.407 e. The van der Waals surface area contributed by atoms with E-state index in [-0.39, 0.29) is 6.61 Å². The van der Waals surface area contributed by atoms with Crippen molar-refractivity contribution >= 4 is 23.0 Å². The number of hydrogen-bond donors (Lipinski definition) is 3. The van der Waals surface area contributed by atoms with Gasteiger partial charge >= 0.3 is 12.1 Å². The number of hydrogen-bond acceptors (Lipinski definition) is 5. The molecule has 2 atom stereocenters. The fourth-order valence-corrected chi connectivity index (χ4v) is 4.11. The van der Waals surface area contributed by atoms with Gasteiger partial charge in [0.2, 0.25) is 0 Å². The third kappa shape index (κ3) is 2.98. The van der Waals surface area contributed by atoms with E-state index in [1.54, 1.807) is 6.07 Å². The summed E-state index contributed by atoms with van der Waals surface area (Å²) in [5.41, 5.74) is 2.44. The Bertz CT molecular complexity index is 974. The number of carbonyl (C=O) groups is 2. The number of alkyl carbamates (subject to hydrolysis) is 1. The molecule has 0 radical (unpaired) electrons. The van der Waals surface area contributed by atoms with E-state index in [1.807, 2.05) is 19.9 Å². The second-order valence-electron chi connectivity index (χ2n) is 6.92. The van der Waals surface area contributed by atoms with Crippen LogP contribution in [0.2, 0.25) is 0 Å². The first-order valence-electron chi connectivity index (χ1n) is 9.15. The van der Waals surface area contributed by atoms with Gasteiger partial charge in [0, 0.05) is 5.39 Å². The molecule has 0 saturated carbocycles. The molecular weight excluding hydrogens is 362 g/mol. The second kappa shape index (κ2) is 7.52. The number of fused-ring (bicyclic) bond motifs is 3. The molecule has 3 rings (SSSR count). The molecule has 1 aliphatic heterocycles. The lowest BCUT2D eigenvalue weighted by Gasteiger charge is -2.41. The van der Waals surface area contributed by atoms with Gasteiger partial charge in [-0.1, -0.05) is 19.4 Å². The Balaban J connectivity index is 2.30. The normalized spacial score (nSPS) is 19.5. The topological polar surface area (TPSA) is 124 Å². The summed E-state index contributed by atoms with van der Waals surface area (Å²) in [5.74, 6) is -1.22. The molecule has 28 heavy (non-hydrogen) atoms. The number of H-pyrrole nitrogens is 1. The number of aromatic nitrogens is 1. The molecule has 8 heteroatoms. The zero-order chi connectivity index (χ0) is 20.5. The van der Waals surface area contributed by atoms with Crippen molar-refractivity contribution in [2.45, 2.75) is 44.8 Å². The maximum absolute atomic E-state index is 12.1. The van der Waals surface area contributed by atoms with Crippen molar-refractivity contribution < 1.29 is 24.2 Å². The number of ether oxygens (including phenoxy) is 2. The average molecular weight is 385 g/mol. The van der Waals surface area contributed by atoms with Crippen molar-refractivity contribution in [1.82, 2.24) is 10.3 Å². The minimum Gasteiger partial charge on any atom is -0.480 e. The van der Waals surface area contributed by atoms with Gasteiger partial charge in [0.05, 0.1) is 36.6 Å². The van der Waals surface area contributed by atoms with E-state index in [0.717, 1.165) is 22.0 Å². The van der Waals surface area contributed by atoms with Crippen molar-refractivity contribution in [3.05, 3.63) is 34.5 Å². The number of carbonyl (C=O) groups excluding carboxylic acids is 1. The number of nitrogens with one attached hydrogen (secondary N) is 2. The standard InChI is InChI=1S/C20H23N3O5/c1-4-8-20(17(18(24)25)23-19(26)27-3)16-13(7-9-28-20)14-12(10-21)6-5-11(2)15(14)22-16/h5-6,17,22H,4,7-9H2,1-3H3,(H,23,26)(H,24,25)/t17-,20+/m1/s1. The van der Waals surface area contributed by atoms with Crippen LogP contribution in [0, 0.1) is 18.3 Å². The Labute approximate surface area is 162 Å².